The van der Waals surface area contributed by atoms with Crippen LogP contribution in [0.3, 0.4) is 0 Å². The van der Waals surface area contributed by atoms with Gasteiger partial charge < -0.3 is 189 Å². The van der Waals surface area contributed by atoms with Crippen molar-refractivity contribution in [2.24, 2.45) is 5.73 Å². The maximum Gasteiger partial charge on any atom is 0.327 e. The highest BCUT2D eigenvalue weighted by atomic mass is 32.1. The molecule has 0 aliphatic carbocycles. The van der Waals surface area contributed by atoms with Crippen LogP contribution in [-0.4, -0.2) is 455 Å². The molecule has 0 heterocycles. The topological polar surface area (TPSA) is 937 Å². The molecular weight excluding hydrogens is 2030 g/mol. The lowest BCUT2D eigenvalue weighted by Crippen LogP contribution is -2.65. The molecule has 0 aromatic carbocycles. The molecule has 0 unspecified atom stereocenters. The summed E-state index contributed by atoms with van der Waals surface area (Å²) in [5.74, 6) is -32.1. The standard InChI is InChI=1S/C77H134N22O36S7/c1-23(100)45(78)64(121)93-50(28(6)105)68(125)85-40(20-140)62(119)92-55(33(11)110)74(131)99-57(35(13)112)76(133)97-52(30(8)107)70(127)86-41(21-141)63(120)91-54(32(10)109)73(130)96-51(29(7)106)69(126)84-38(18-138)60(117)82-36(16-136)58(115)81-37(17-137)59(116)83-39(19-139)61(118)90-53(31(9)108)72(129)94-46(24(2)101)65(122)80-15-44(114)89-49(27(5)104)71(128)98-56(34(12)111)75(132)95-47(25(3)102)66(123)79-14-43(113)88-48(26(4)103)67(124)87-42(22-142)77(134)135/h23-42,45-57,100-112,136-142H,14-22,78H2,1-13H3,(H,79,123)(H,80,122)(H,81,115)(H,82,117)(H,83,116)(H,84,126)(H,85,125)(H,86,127)(H,87,124)(H,88,113)(H,89,114)(H,90,118)(H,91,120)(H,92,119)(H,93,121)(H,94,129)(H,95,132)(H,96,130)(H,97,133)(H,98,128)(H,99,131)(H,134,135)/t23-,24-,25-,26-,27-,28-,29-,30-,31-,32-,33-,34-,35-,36+,37+,38+,39+,40+,41+,42+,45+,46+,47+,48+,49+,50+,51+,52+,53+,54+,55+,56+,57+/m1/s1. The van der Waals surface area contributed by atoms with Crippen molar-refractivity contribution in [1.29, 1.82) is 0 Å². The van der Waals surface area contributed by atoms with Crippen LogP contribution in [0.4, 0.5) is 0 Å². The quantitative estimate of drug-likeness (QED) is 0.0251. The Hall–Kier alpha value is -9.77. The van der Waals surface area contributed by atoms with Gasteiger partial charge in [0.25, 0.3) is 0 Å². The second-order valence-corrected chi connectivity index (χ2v) is 35.1. The average Bonchev–Trinajstić information content (AvgIpc) is 0.842. The summed E-state index contributed by atoms with van der Waals surface area (Å²) in [4.78, 5) is 295. The Labute approximate surface area is 851 Å². The molecule has 33 atom stereocenters. The van der Waals surface area contributed by atoms with E-state index in [2.05, 4.69) is 184 Å². The maximum absolute atomic E-state index is 13.9. The van der Waals surface area contributed by atoms with Crippen LogP contribution in [0.25, 0.3) is 0 Å². The van der Waals surface area contributed by atoms with Crippen molar-refractivity contribution >= 4 is 218 Å². The molecule has 0 saturated carbocycles. The van der Waals surface area contributed by atoms with E-state index in [1.54, 1.807) is 0 Å². The number of carboxylic acid groups (broad SMARTS) is 1. The van der Waals surface area contributed by atoms with Gasteiger partial charge in [-0.1, -0.05) is 0 Å². The van der Waals surface area contributed by atoms with E-state index < -0.39 is 378 Å². The summed E-state index contributed by atoms with van der Waals surface area (Å²) in [6.45, 7) is 11.1. The number of aliphatic hydroxyl groups is 13. The normalized spacial score (nSPS) is 18.3. The summed E-state index contributed by atoms with van der Waals surface area (Å²) < 4.78 is 0. The predicted molar refractivity (Wildman–Crippen MR) is 517 cm³/mol. The summed E-state index contributed by atoms with van der Waals surface area (Å²) in [5.41, 5.74) is 5.61. The van der Waals surface area contributed by atoms with Crippen molar-refractivity contribution in [2.75, 3.05) is 53.4 Å². The first-order chi connectivity index (χ1) is 65.8. The Balaban J connectivity index is 6.27. The minimum atomic E-state index is -2.08. The molecule has 142 heavy (non-hydrogen) atoms. The lowest BCUT2D eigenvalue weighted by atomic mass is 10.1. The molecule has 810 valence electrons. The molecular formula is C77H134N22O36S7. The largest absolute Gasteiger partial charge is 0.480 e. The number of hydrogen-bond donors (Lipinski definition) is 43. The van der Waals surface area contributed by atoms with E-state index in [-0.39, 0.29) is 5.75 Å². The van der Waals surface area contributed by atoms with E-state index in [1.165, 1.54) is 6.92 Å². The Morgan fingerprint density at radius 1 is 0.183 bits per heavy atom. The number of carboxylic acids is 1. The third-order valence-electron chi connectivity index (χ3n) is 20.1. The predicted octanol–water partition coefficient (Wildman–Crippen LogP) is -20.7. The van der Waals surface area contributed by atoms with Crippen LogP contribution in [0.1, 0.15) is 90.0 Å². The fourth-order valence-corrected chi connectivity index (χ4v) is 13.6. The third kappa shape index (κ3) is 44.0. The molecule has 0 rings (SSSR count). The summed E-state index contributed by atoms with van der Waals surface area (Å²) in [6, 6.07) is -37.4. The summed E-state index contributed by atoms with van der Waals surface area (Å²) >= 11 is 28.3. The minimum Gasteiger partial charge on any atom is -0.480 e. The molecule has 0 radical (unpaired) electrons. The van der Waals surface area contributed by atoms with Gasteiger partial charge in [-0.3, -0.25) is 101 Å². The summed E-state index contributed by atoms with van der Waals surface area (Å²) in [6.07, 6.45) is -23.1. The van der Waals surface area contributed by atoms with Crippen molar-refractivity contribution in [3.63, 3.8) is 0 Å². The van der Waals surface area contributed by atoms with Crippen LogP contribution in [0.2, 0.25) is 0 Å². The van der Waals surface area contributed by atoms with Crippen LogP contribution < -0.4 is 117 Å². The molecule has 58 nitrogen and oxygen atoms in total. The lowest BCUT2D eigenvalue weighted by Gasteiger charge is -2.30. The molecule has 37 N–H and O–H groups in total. The van der Waals surface area contributed by atoms with Crippen LogP contribution >= 0.6 is 88.4 Å². The van der Waals surface area contributed by atoms with Gasteiger partial charge in [0.2, 0.25) is 124 Å². The number of aliphatic hydroxyl groups excluding tert-OH is 13. The van der Waals surface area contributed by atoms with E-state index in [9.17, 15) is 177 Å². The molecule has 0 aromatic heterocycles. The van der Waals surface area contributed by atoms with Crippen LogP contribution in [-0.2, 0) is 105 Å². The maximum atomic E-state index is 13.9. The molecule has 0 spiro atoms. The average molecular weight is 2170 g/mol. The van der Waals surface area contributed by atoms with E-state index >= 15 is 0 Å². The Morgan fingerprint density at radius 2 is 0.310 bits per heavy atom. The number of rotatable bonds is 63. The van der Waals surface area contributed by atoms with Gasteiger partial charge in [-0.05, 0) is 90.0 Å². The molecule has 0 aliphatic rings. The molecule has 0 aliphatic heterocycles. The van der Waals surface area contributed by atoms with Gasteiger partial charge in [0, 0.05) is 40.3 Å². The zero-order valence-corrected chi connectivity index (χ0v) is 85.1. The first kappa shape index (κ1) is 132. The highest BCUT2D eigenvalue weighted by Gasteiger charge is 2.44. The molecule has 21 amide bonds. The van der Waals surface area contributed by atoms with Crippen LogP contribution in [0.15, 0.2) is 0 Å². The first-order valence-electron chi connectivity index (χ1n) is 43.2. The lowest BCUT2D eigenvalue weighted by molar-refractivity contribution is -0.142. The highest BCUT2D eigenvalue weighted by Crippen LogP contribution is 2.12. The van der Waals surface area contributed by atoms with E-state index in [0.29, 0.717) is 0 Å². The van der Waals surface area contributed by atoms with Crippen molar-refractivity contribution < 1.29 is 177 Å². The van der Waals surface area contributed by atoms with Crippen LogP contribution in [0.5, 0.6) is 0 Å². The van der Waals surface area contributed by atoms with E-state index in [4.69, 9.17) is 5.73 Å². The van der Waals surface area contributed by atoms with Gasteiger partial charge in [-0.15, -0.1) is 0 Å². The zero-order valence-electron chi connectivity index (χ0n) is 78.9. The molecule has 0 fully saturated rings. The number of amides is 21. The van der Waals surface area contributed by atoms with Gasteiger partial charge in [-0.2, -0.15) is 88.4 Å². The number of hydrogen-bond acceptors (Lipinski definition) is 43. The fourth-order valence-electron chi connectivity index (χ4n) is 11.8. The monoisotopic (exact) mass is 2170 g/mol. The second-order valence-electron chi connectivity index (χ2n) is 32.6. The highest BCUT2D eigenvalue weighted by molar-refractivity contribution is 7.81. The number of nitrogens with one attached hydrogen (secondary N) is 21. The zero-order chi connectivity index (χ0) is 110. The van der Waals surface area contributed by atoms with Crippen molar-refractivity contribution in [1.82, 2.24) is 112 Å². The Morgan fingerprint density at radius 3 is 0.465 bits per heavy atom. The molecule has 0 bridgehead atoms. The molecule has 0 aromatic rings. The van der Waals surface area contributed by atoms with Crippen LogP contribution in [0, 0.1) is 0 Å². The van der Waals surface area contributed by atoms with Gasteiger partial charge in [0.05, 0.1) is 92.4 Å². The van der Waals surface area contributed by atoms with E-state index in [0.717, 1.165) is 83.1 Å². The summed E-state index contributed by atoms with van der Waals surface area (Å²) in [5, 5.41) is 190. The van der Waals surface area contributed by atoms with Gasteiger partial charge in [0.1, 0.15) is 121 Å². The number of nitrogens with two attached hydrogens (primary N) is 1. The SMILES string of the molecule is C[C@@H](O)[C@H](N)C(=O)N[C@H](C(=O)N[C@@H](CS)C(=O)N[C@H](C(=O)N[C@H](C(=O)N[C@H](C(=O)N[C@@H](CS)C(=O)N[C@H](C(=O)N[C@H](C(=O)N[C@@H](CS)C(=O)N[C@@H](CS)C(=O)N[C@@H](CS)C(=O)N[C@@H](CS)C(=O)N[C@H](C(=O)N[C@H](C(=O)NCC(=O)N[C@H](C(=O)N[C@H](C(=O)N[C@H](C(=O)NCC(=O)N[C@H](C(=O)N[C@@H](CS)C(=O)O)[C@@H](C)O)[C@@H](C)O)[C@@H](C)O)[C@@H](C)O)[C@@H](C)O)[C@@H](C)O)[C@@H](C)O)[C@@H](C)O)[C@@H](C)O)[C@@H](C)O)[C@@H](C)O)[C@@H](C)O. The summed E-state index contributed by atoms with van der Waals surface area (Å²) in [7, 11) is 0. The van der Waals surface area contributed by atoms with Crippen molar-refractivity contribution in [3.8, 4) is 0 Å². The number of carbonyl (C=O) groups excluding carboxylic acids is 21. The Kier molecular flexibility index (Phi) is 60.4. The number of thiol groups is 7. The molecule has 0 saturated heterocycles. The van der Waals surface area contributed by atoms with Crippen molar-refractivity contribution in [3.05, 3.63) is 0 Å². The second kappa shape index (κ2) is 64.9. The smallest absolute Gasteiger partial charge is 0.327 e. The number of aliphatic carboxylic acids is 1. The van der Waals surface area contributed by atoms with Gasteiger partial charge in [-0.25, -0.2) is 4.79 Å². The molecule has 65 heteroatoms. The van der Waals surface area contributed by atoms with Gasteiger partial charge in [0.15, 0.2) is 0 Å². The van der Waals surface area contributed by atoms with Gasteiger partial charge >= 0.3 is 5.97 Å². The Bertz CT molecular complexity index is 4310. The first-order valence-corrected chi connectivity index (χ1v) is 47.7. The van der Waals surface area contributed by atoms with E-state index in [1.807, 2.05) is 16.0 Å². The fraction of sp³-hybridized carbons (Fsp3) is 0.714. The number of carbonyl (C=O) groups is 22. The third-order valence-corrected chi connectivity index (χ3v) is 22.7. The minimum absolute atomic E-state index is 0.379. The van der Waals surface area contributed by atoms with Crippen molar-refractivity contribution in [2.45, 2.75) is 290 Å².